The zero-order valence-corrected chi connectivity index (χ0v) is 9.01. The van der Waals surface area contributed by atoms with E-state index in [2.05, 4.69) is 4.99 Å². The minimum atomic E-state index is -0.391. The second-order valence-corrected chi connectivity index (χ2v) is 4.48. The molecule has 3 amide bonds. The Kier molecular flexibility index (Phi) is 1.87. The summed E-state index contributed by atoms with van der Waals surface area (Å²) in [5, 5.41) is 0. The van der Waals surface area contributed by atoms with Crippen molar-refractivity contribution in [2.45, 2.75) is 25.8 Å². The number of carbonyl (C=O) groups is 2. The van der Waals surface area contributed by atoms with Crippen LogP contribution in [-0.2, 0) is 4.79 Å². The number of hydrogen-bond acceptors (Lipinski definition) is 2. The van der Waals surface area contributed by atoms with Crippen molar-refractivity contribution in [1.29, 1.82) is 0 Å². The minimum absolute atomic E-state index is 0.103. The van der Waals surface area contributed by atoms with Crippen LogP contribution in [0.4, 0.5) is 4.79 Å². The molecule has 3 rings (SSSR count). The fourth-order valence-corrected chi connectivity index (χ4v) is 2.11. The Morgan fingerprint density at radius 2 is 2.12 bits per heavy atom. The van der Waals surface area contributed by atoms with Crippen LogP contribution in [0.3, 0.4) is 0 Å². The van der Waals surface area contributed by atoms with Gasteiger partial charge in [-0.05, 0) is 31.4 Å². The van der Waals surface area contributed by atoms with E-state index in [0.717, 1.165) is 18.4 Å². The summed E-state index contributed by atoms with van der Waals surface area (Å²) in [5.41, 5.74) is 1.61. The molecule has 0 aromatic rings. The van der Waals surface area contributed by atoms with Crippen molar-refractivity contribution in [1.82, 2.24) is 4.90 Å². The van der Waals surface area contributed by atoms with E-state index in [9.17, 15) is 9.59 Å². The fourth-order valence-electron chi connectivity index (χ4n) is 2.11. The number of amides is 3. The SMILES string of the molecule is CC1=CC2=NC(=O)N(C3CC3)C(=O)C2C=C1. The predicted octanol–water partition coefficient (Wildman–Crippen LogP) is 1.68. The molecule has 1 heterocycles. The molecular weight excluding hydrogens is 204 g/mol. The molecule has 3 aliphatic rings. The van der Waals surface area contributed by atoms with Crippen LogP contribution < -0.4 is 0 Å². The highest BCUT2D eigenvalue weighted by Gasteiger charge is 2.43. The normalized spacial score (nSPS) is 28.8. The smallest absolute Gasteiger partial charge is 0.273 e. The highest BCUT2D eigenvalue weighted by Crippen LogP contribution is 2.32. The maximum atomic E-state index is 12.1. The van der Waals surface area contributed by atoms with Crippen molar-refractivity contribution in [3.63, 3.8) is 0 Å². The lowest BCUT2D eigenvalue weighted by Gasteiger charge is -2.28. The van der Waals surface area contributed by atoms with Gasteiger partial charge in [-0.2, -0.15) is 4.99 Å². The summed E-state index contributed by atoms with van der Waals surface area (Å²) in [6, 6.07) is -0.288. The van der Waals surface area contributed by atoms with Gasteiger partial charge in [0.25, 0.3) is 0 Å². The van der Waals surface area contributed by atoms with E-state index in [-0.39, 0.29) is 17.9 Å². The van der Waals surface area contributed by atoms with Gasteiger partial charge in [-0.3, -0.25) is 9.69 Å². The van der Waals surface area contributed by atoms with E-state index >= 15 is 0 Å². The number of carbonyl (C=O) groups excluding carboxylic acids is 2. The number of hydrogen-bond donors (Lipinski definition) is 0. The zero-order valence-electron chi connectivity index (χ0n) is 9.01. The maximum Gasteiger partial charge on any atom is 0.350 e. The lowest BCUT2D eigenvalue weighted by molar-refractivity contribution is -0.129. The Morgan fingerprint density at radius 1 is 1.38 bits per heavy atom. The Morgan fingerprint density at radius 3 is 2.81 bits per heavy atom. The third-order valence-electron chi connectivity index (χ3n) is 3.09. The first-order valence-electron chi connectivity index (χ1n) is 5.49. The molecule has 0 aromatic carbocycles. The lowest BCUT2D eigenvalue weighted by Crippen LogP contribution is -2.47. The van der Waals surface area contributed by atoms with Gasteiger partial charge in [-0.25, -0.2) is 4.79 Å². The molecule has 1 atom stereocenters. The largest absolute Gasteiger partial charge is 0.350 e. The lowest BCUT2D eigenvalue weighted by atomic mass is 9.92. The molecule has 1 unspecified atom stereocenters. The molecule has 0 N–H and O–H groups in total. The van der Waals surface area contributed by atoms with Crippen molar-refractivity contribution in [3.05, 3.63) is 23.8 Å². The van der Waals surface area contributed by atoms with Gasteiger partial charge >= 0.3 is 6.03 Å². The van der Waals surface area contributed by atoms with E-state index in [0.29, 0.717) is 5.71 Å². The average molecular weight is 216 g/mol. The van der Waals surface area contributed by atoms with E-state index in [1.54, 1.807) is 0 Å². The topological polar surface area (TPSA) is 49.7 Å². The summed E-state index contributed by atoms with van der Waals surface area (Å²) in [4.78, 5) is 29.1. The number of nitrogens with zero attached hydrogens (tertiary/aromatic N) is 2. The fraction of sp³-hybridized carbons (Fsp3) is 0.417. The maximum absolute atomic E-state index is 12.1. The zero-order chi connectivity index (χ0) is 11.3. The summed E-state index contributed by atoms with van der Waals surface area (Å²) in [6.07, 6.45) is 7.40. The van der Waals surface area contributed by atoms with Crippen molar-refractivity contribution in [3.8, 4) is 0 Å². The second kappa shape index (κ2) is 3.14. The molecule has 0 radical (unpaired) electrons. The molecule has 2 aliphatic carbocycles. The van der Waals surface area contributed by atoms with Gasteiger partial charge in [-0.1, -0.05) is 12.2 Å². The van der Waals surface area contributed by atoms with Gasteiger partial charge in [0.15, 0.2) is 0 Å². The molecule has 1 aliphatic heterocycles. The van der Waals surface area contributed by atoms with Gasteiger partial charge in [0.05, 0.1) is 11.6 Å². The van der Waals surface area contributed by atoms with E-state index < -0.39 is 6.03 Å². The molecule has 4 heteroatoms. The molecule has 4 nitrogen and oxygen atoms in total. The third kappa shape index (κ3) is 1.33. The van der Waals surface area contributed by atoms with Crippen LogP contribution in [0.15, 0.2) is 28.8 Å². The number of rotatable bonds is 1. The molecule has 0 saturated heterocycles. The summed E-state index contributed by atoms with van der Waals surface area (Å²) >= 11 is 0. The first-order valence-corrected chi connectivity index (χ1v) is 5.49. The van der Waals surface area contributed by atoms with E-state index in [1.165, 1.54) is 4.90 Å². The highest BCUT2D eigenvalue weighted by molar-refractivity contribution is 6.22. The van der Waals surface area contributed by atoms with Crippen LogP contribution >= 0.6 is 0 Å². The standard InChI is InChI=1S/C12H12N2O2/c1-7-2-5-9-10(6-7)13-12(16)14(11(9)15)8-3-4-8/h2,5-6,8-9H,3-4H2,1H3. The van der Waals surface area contributed by atoms with Crippen LogP contribution in [0.25, 0.3) is 0 Å². The van der Waals surface area contributed by atoms with Crippen LogP contribution in [0.2, 0.25) is 0 Å². The van der Waals surface area contributed by atoms with Gasteiger partial charge in [-0.15, -0.1) is 0 Å². The molecule has 0 spiro atoms. The summed E-state index contributed by atoms with van der Waals surface area (Å²) in [7, 11) is 0. The molecule has 0 aromatic heterocycles. The summed E-state index contributed by atoms with van der Waals surface area (Å²) in [6.45, 7) is 1.93. The van der Waals surface area contributed by atoms with Gasteiger partial charge in [0.2, 0.25) is 5.91 Å². The molecule has 82 valence electrons. The molecule has 1 fully saturated rings. The quantitative estimate of drug-likeness (QED) is 0.669. The molecular formula is C12H12N2O2. The molecule has 16 heavy (non-hydrogen) atoms. The average Bonchev–Trinajstić information content (AvgIpc) is 3.01. The van der Waals surface area contributed by atoms with Crippen LogP contribution in [-0.4, -0.2) is 28.6 Å². The number of allylic oxidation sites excluding steroid dienone is 3. The second-order valence-electron chi connectivity index (χ2n) is 4.48. The number of urea groups is 1. The first-order chi connectivity index (χ1) is 7.66. The van der Waals surface area contributed by atoms with Crippen LogP contribution in [0.5, 0.6) is 0 Å². The monoisotopic (exact) mass is 216 g/mol. The predicted molar refractivity (Wildman–Crippen MR) is 59.1 cm³/mol. The Labute approximate surface area is 93.3 Å². The van der Waals surface area contributed by atoms with Crippen LogP contribution in [0.1, 0.15) is 19.8 Å². The number of fused-ring (bicyclic) bond motifs is 1. The Balaban J connectivity index is 2.01. The molecule has 0 bridgehead atoms. The van der Waals surface area contributed by atoms with Crippen molar-refractivity contribution < 1.29 is 9.59 Å². The first kappa shape index (κ1) is 9.51. The van der Waals surface area contributed by atoms with E-state index in [4.69, 9.17) is 0 Å². The Bertz CT molecular complexity index is 469. The number of aliphatic imine (C=N–C) groups is 1. The van der Waals surface area contributed by atoms with Crippen molar-refractivity contribution >= 4 is 17.6 Å². The van der Waals surface area contributed by atoms with Crippen molar-refractivity contribution in [2.75, 3.05) is 0 Å². The van der Waals surface area contributed by atoms with E-state index in [1.807, 2.05) is 25.2 Å². The van der Waals surface area contributed by atoms with Gasteiger partial charge in [0, 0.05) is 6.04 Å². The van der Waals surface area contributed by atoms with Crippen molar-refractivity contribution in [2.24, 2.45) is 10.9 Å². The third-order valence-corrected chi connectivity index (χ3v) is 3.09. The number of imide groups is 1. The Hall–Kier alpha value is -1.71. The highest BCUT2D eigenvalue weighted by atomic mass is 16.2. The minimum Gasteiger partial charge on any atom is -0.273 e. The van der Waals surface area contributed by atoms with Gasteiger partial charge in [0.1, 0.15) is 0 Å². The summed E-state index contributed by atoms with van der Waals surface area (Å²) in [5.74, 6) is -0.459. The molecule has 1 saturated carbocycles. The van der Waals surface area contributed by atoms with Gasteiger partial charge < -0.3 is 0 Å². The summed E-state index contributed by atoms with van der Waals surface area (Å²) < 4.78 is 0. The van der Waals surface area contributed by atoms with Crippen LogP contribution in [0, 0.1) is 5.92 Å².